The summed E-state index contributed by atoms with van der Waals surface area (Å²) in [6.07, 6.45) is 2.94. The van der Waals surface area contributed by atoms with Crippen molar-refractivity contribution in [2.24, 2.45) is 0 Å². The molecular weight excluding hydrogens is 496 g/mol. The molecule has 4 aromatic rings. The first kappa shape index (κ1) is 26.8. The summed E-state index contributed by atoms with van der Waals surface area (Å²) in [5, 5.41) is 13.6. The molecule has 0 radical (unpaired) electrons. The fourth-order valence-electron chi connectivity index (χ4n) is 5.27. The molecule has 1 fully saturated rings. The highest BCUT2D eigenvalue weighted by atomic mass is 16.5. The molecule has 2 aromatic carbocycles. The van der Waals surface area contributed by atoms with Gasteiger partial charge in [0.1, 0.15) is 0 Å². The number of tetrazole rings is 1. The molecule has 206 valence electrons. The molecule has 1 atom stereocenters. The number of aryl methyl sites for hydroxylation is 2. The molecule has 10 nitrogen and oxygen atoms in total. The maximum Gasteiger partial charge on any atom is 0.252 e. The van der Waals surface area contributed by atoms with Crippen LogP contribution in [0.15, 0.2) is 41.2 Å². The molecule has 39 heavy (non-hydrogen) atoms. The van der Waals surface area contributed by atoms with Crippen LogP contribution in [0.25, 0.3) is 10.9 Å². The van der Waals surface area contributed by atoms with Gasteiger partial charge in [-0.05, 0) is 84.5 Å². The summed E-state index contributed by atoms with van der Waals surface area (Å²) >= 11 is 0. The third-order valence-corrected chi connectivity index (χ3v) is 7.32. The quantitative estimate of drug-likeness (QED) is 0.312. The molecule has 1 saturated heterocycles. The van der Waals surface area contributed by atoms with Crippen molar-refractivity contribution in [1.82, 2.24) is 30.1 Å². The molecule has 5 rings (SSSR count). The Hall–Kier alpha value is -3.76. The Morgan fingerprint density at radius 3 is 2.72 bits per heavy atom. The van der Waals surface area contributed by atoms with Crippen LogP contribution in [0.2, 0.25) is 0 Å². The van der Waals surface area contributed by atoms with Crippen LogP contribution in [-0.2, 0) is 30.8 Å². The van der Waals surface area contributed by atoms with Crippen LogP contribution in [0.3, 0.4) is 0 Å². The molecule has 0 bridgehead atoms. The minimum Gasteiger partial charge on any atom is -0.493 e. The minimum atomic E-state index is -0.0810. The first-order chi connectivity index (χ1) is 18.9. The average Bonchev–Trinajstić information content (AvgIpc) is 3.60. The van der Waals surface area contributed by atoms with Gasteiger partial charge >= 0.3 is 0 Å². The summed E-state index contributed by atoms with van der Waals surface area (Å²) in [5.74, 6) is 2.14. The van der Waals surface area contributed by atoms with E-state index in [0.717, 1.165) is 59.3 Å². The zero-order chi connectivity index (χ0) is 27.4. The van der Waals surface area contributed by atoms with E-state index in [1.54, 1.807) is 14.2 Å². The summed E-state index contributed by atoms with van der Waals surface area (Å²) in [7, 11) is 3.27. The Balaban J connectivity index is 1.41. The van der Waals surface area contributed by atoms with E-state index in [1.807, 2.05) is 41.9 Å². The molecule has 0 aliphatic carbocycles. The van der Waals surface area contributed by atoms with Gasteiger partial charge in [0.05, 0.1) is 33.4 Å². The summed E-state index contributed by atoms with van der Waals surface area (Å²) in [4.78, 5) is 18.5. The number of benzene rings is 2. The Morgan fingerprint density at radius 2 is 1.95 bits per heavy atom. The number of aromatic amines is 1. The zero-order valence-electron chi connectivity index (χ0n) is 23.1. The second-order valence-electron chi connectivity index (χ2n) is 10.2. The normalized spacial score (nSPS) is 15.4. The summed E-state index contributed by atoms with van der Waals surface area (Å²) in [6, 6.07) is 12.1. The maximum absolute atomic E-state index is 13.1. The number of nitrogens with zero attached hydrogens (tertiary/aromatic N) is 5. The van der Waals surface area contributed by atoms with Crippen LogP contribution < -0.4 is 15.0 Å². The van der Waals surface area contributed by atoms with Crippen molar-refractivity contribution >= 4 is 10.9 Å². The number of pyridine rings is 1. The van der Waals surface area contributed by atoms with Crippen molar-refractivity contribution in [1.29, 1.82) is 0 Å². The molecule has 10 heteroatoms. The van der Waals surface area contributed by atoms with Gasteiger partial charge in [0, 0.05) is 36.2 Å². The van der Waals surface area contributed by atoms with Crippen molar-refractivity contribution < 1.29 is 14.2 Å². The molecule has 1 aliphatic heterocycles. The molecule has 3 heterocycles. The highest BCUT2D eigenvalue weighted by Crippen LogP contribution is 2.28. The number of fused-ring (bicyclic) bond motifs is 1. The Labute approximate surface area is 227 Å². The molecule has 1 aliphatic rings. The van der Waals surface area contributed by atoms with Gasteiger partial charge in [-0.25, -0.2) is 4.68 Å². The second kappa shape index (κ2) is 12.0. The van der Waals surface area contributed by atoms with E-state index in [1.165, 1.54) is 0 Å². The van der Waals surface area contributed by atoms with Crippen molar-refractivity contribution in [3.8, 4) is 11.5 Å². The lowest BCUT2D eigenvalue weighted by molar-refractivity contribution is 0.0916. The Morgan fingerprint density at radius 1 is 1.10 bits per heavy atom. The van der Waals surface area contributed by atoms with Gasteiger partial charge in [-0.15, -0.1) is 5.10 Å². The third-order valence-electron chi connectivity index (χ3n) is 7.32. The van der Waals surface area contributed by atoms with Gasteiger partial charge in [0.2, 0.25) is 0 Å². The number of nitrogens with one attached hydrogen (secondary N) is 1. The van der Waals surface area contributed by atoms with E-state index >= 15 is 0 Å². The van der Waals surface area contributed by atoms with E-state index in [-0.39, 0.29) is 11.7 Å². The van der Waals surface area contributed by atoms with Crippen LogP contribution >= 0.6 is 0 Å². The fraction of sp³-hybridized carbons (Fsp3) is 0.448. The molecule has 0 saturated carbocycles. The van der Waals surface area contributed by atoms with E-state index in [0.29, 0.717) is 43.2 Å². The number of H-pyrrole nitrogens is 1. The summed E-state index contributed by atoms with van der Waals surface area (Å²) < 4.78 is 18.5. The van der Waals surface area contributed by atoms with E-state index in [9.17, 15) is 4.79 Å². The van der Waals surface area contributed by atoms with Gasteiger partial charge in [-0.1, -0.05) is 12.1 Å². The Bertz CT molecular complexity index is 1490. The second-order valence-corrected chi connectivity index (χ2v) is 10.2. The van der Waals surface area contributed by atoms with Crippen LogP contribution in [0.1, 0.15) is 40.9 Å². The SMILES string of the molecule is COc1ccc(CCN(Cc2cc3c(C)cc(C)cc3[nH]c2=O)Cc2nnnn2CC2CCCO2)cc1OC. The van der Waals surface area contributed by atoms with Crippen molar-refractivity contribution in [2.75, 3.05) is 27.4 Å². The van der Waals surface area contributed by atoms with Gasteiger partial charge in [0.15, 0.2) is 17.3 Å². The Kier molecular flexibility index (Phi) is 8.23. The van der Waals surface area contributed by atoms with Gasteiger partial charge < -0.3 is 19.2 Å². The first-order valence-corrected chi connectivity index (χ1v) is 13.4. The number of methoxy groups -OCH3 is 2. The minimum absolute atomic E-state index is 0.0810. The third kappa shape index (κ3) is 6.29. The lowest BCUT2D eigenvalue weighted by Crippen LogP contribution is -2.30. The predicted molar refractivity (Wildman–Crippen MR) is 148 cm³/mol. The molecule has 0 spiro atoms. The molecule has 0 amide bonds. The standard InChI is InChI=1S/C29H36N6O4/c1-19-12-20(2)24-15-22(29(36)30-25(24)13-19)16-34(10-9-21-7-8-26(37-3)27(14-21)38-4)18-28-31-32-33-35(28)17-23-6-5-11-39-23/h7-8,12-15,23H,5-6,9-11,16-18H2,1-4H3,(H,30,36). The summed E-state index contributed by atoms with van der Waals surface area (Å²) in [5.41, 5.74) is 4.86. The van der Waals surface area contributed by atoms with Crippen LogP contribution in [0.4, 0.5) is 0 Å². The lowest BCUT2D eigenvalue weighted by atomic mass is 10.0. The fourth-order valence-corrected chi connectivity index (χ4v) is 5.27. The largest absolute Gasteiger partial charge is 0.493 e. The number of ether oxygens (including phenoxy) is 3. The zero-order valence-corrected chi connectivity index (χ0v) is 23.1. The average molecular weight is 533 g/mol. The summed E-state index contributed by atoms with van der Waals surface area (Å²) in [6.45, 7) is 7.16. The number of aromatic nitrogens is 5. The molecule has 2 aromatic heterocycles. The van der Waals surface area contributed by atoms with Crippen molar-refractivity contribution in [2.45, 2.75) is 58.8 Å². The van der Waals surface area contributed by atoms with Crippen molar-refractivity contribution in [3.05, 3.63) is 74.8 Å². The molecule has 1 N–H and O–H groups in total. The van der Waals surface area contributed by atoms with Crippen LogP contribution in [-0.4, -0.2) is 63.6 Å². The lowest BCUT2D eigenvalue weighted by Gasteiger charge is -2.22. The maximum atomic E-state index is 13.1. The number of rotatable bonds is 11. The number of hydrogen-bond donors (Lipinski definition) is 1. The molecule has 1 unspecified atom stereocenters. The van der Waals surface area contributed by atoms with E-state index in [4.69, 9.17) is 14.2 Å². The molecular formula is C29H36N6O4. The topological polar surface area (TPSA) is 107 Å². The highest BCUT2D eigenvalue weighted by Gasteiger charge is 2.21. The van der Waals surface area contributed by atoms with Gasteiger partial charge in [0.25, 0.3) is 5.56 Å². The smallest absolute Gasteiger partial charge is 0.252 e. The van der Waals surface area contributed by atoms with Gasteiger partial charge in [-0.3, -0.25) is 9.69 Å². The predicted octanol–water partition coefficient (Wildman–Crippen LogP) is 3.57. The van der Waals surface area contributed by atoms with E-state index < -0.39 is 0 Å². The first-order valence-electron chi connectivity index (χ1n) is 13.4. The van der Waals surface area contributed by atoms with Crippen molar-refractivity contribution in [3.63, 3.8) is 0 Å². The van der Waals surface area contributed by atoms with Crippen LogP contribution in [0.5, 0.6) is 11.5 Å². The highest BCUT2D eigenvalue weighted by molar-refractivity contribution is 5.83. The van der Waals surface area contributed by atoms with Crippen LogP contribution in [0, 0.1) is 13.8 Å². The number of hydrogen-bond acceptors (Lipinski definition) is 8. The monoisotopic (exact) mass is 532 g/mol. The van der Waals surface area contributed by atoms with E-state index in [2.05, 4.69) is 38.4 Å². The van der Waals surface area contributed by atoms with Gasteiger partial charge in [-0.2, -0.15) is 0 Å².